The molecule has 0 amide bonds. The third-order valence-corrected chi connectivity index (χ3v) is 14.2. The summed E-state index contributed by atoms with van der Waals surface area (Å²) in [7, 11) is 1.06. The van der Waals surface area contributed by atoms with Gasteiger partial charge in [0.15, 0.2) is 19.5 Å². The predicted molar refractivity (Wildman–Crippen MR) is 185 cm³/mol. The average Bonchev–Trinajstić information content (AvgIpc) is 3.70. The number of rotatable bonds is 11. The van der Waals surface area contributed by atoms with Crippen LogP contribution < -0.4 is 15.0 Å². The molecule has 0 aliphatic carbocycles. The summed E-state index contributed by atoms with van der Waals surface area (Å²) >= 11 is 0. The number of aromatic nitrogens is 5. The van der Waals surface area contributed by atoms with Crippen LogP contribution in [0.3, 0.4) is 0 Å². The quantitative estimate of drug-likeness (QED) is 0.129. The van der Waals surface area contributed by atoms with Gasteiger partial charge in [0.25, 0.3) is 5.56 Å². The molecule has 5 aromatic rings. The largest absolute Gasteiger partial charge is 0.497 e. The van der Waals surface area contributed by atoms with Crippen molar-refractivity contribution < 1.29 is 23.4 Å². The van der Waals surface area contributed by atoms with Gasteiger partial charge in [0.05, 0.1) is 33.3 Å². The number of hydrogen-bond donors (Lipinski definition) is 1. The van der Waals surface area contributed by atoms with E-state index >= 15 is 0 Å². The van der Waals surface area contributed by atoms with Crippen molar-refractivity contribution in [2.24, 2.45) is 0 Å². The third-order valence-electron chi connectivity index (χ3n) is 9.66. The van der Waals surface area contributed by atoms with Crippen molar-refractivity contribution in [1.82, 2.24) is 25.0 Å². The van der Waals surface area contributed by atoms with Crippen LogP contribution in [-0.2, 0) is 19.5 Å². The van der Waals surface area contributed by atoms with Gasteiger partial charge in [-0.2, -0.15) is 0 Å². The maximum atomic E-state index is 12.4. The van der Waals surface area contributed by atoms with Crippen LogP contribution in [0.2, 0.25) is 18.1 Å². The zero-order chi connectivity index (χ0) is 34.1. The van der Waals surface area contributed by atoms with Gasteiger partial charge < -0.3 is 23.4 Å². The lowest BCUT2D eigenvalue weighted by Gasteiger charge is -2.40. The lowest BCUT2D eigenvalue weighted by atomic mass is 9.80. The Balaban J connectivity index is 1.43. The first-order chi connectivity index (χ1) is 23.0. The van der Waals surface area contributed by atoms with E-state index in [0.717, 1.165) is 28.2 Å². The Kier molecular flexibility index (Phi) is 9.27. The maximum Gasteiger partial charge on any atom is 0.295 e. The number of nitrogens with zero attached hydrogens (tertiary/aromatic N) is 4. The summed E-state index contributed by atoms with van der Waals surface area (Å²) in [5, 5.41) is 10.3. The zero-order valence-electron chi connectivity index (χ0n) is 28.5. The minimum atomic E-state index is -2.25. The number of imidazole rings is 1. The van der Waals surface area contributed by atoms with Crippen LogP contribution in [0.25, 0.3) is 11.2 Å². The molecule has 0 saturated carbocycles. The van der Waals surface area contributed by atoms with Crippen molar-refractivity contribution in [3.05, 3.63) is 112 Å². The fourth-order valence-electron chi connectivity index (χ4n) is 5.98. The van der Waals surface area contributed by atoms with Crippen molar-refractivity contribution in [1.29, 1.82) is 0 Å². The molecule has 1 aliphatic rings. The van der Waals surface area contributed by atoms with E-state index in [1.165, 1.54) is 0 Å². The number of aromatic amines is 1. The van der Waals surface area contributed by atoms with E-state index in [2.05, 4.69) is 66.4 Å². The molecule has 0 radical (unpaired) electrons. The van der Waals surface area contributed by atoms with Gasteiger partial charge in [-0.15, -0.1) is 5.10 Å². The van der Waals surface area contributed by atoms with Crippen molar-refractivity contribution in [3.63, 3.8) is 0 Å². The minimum absolute atomic E-state index is 0.0308. The molecule has 3 atom stereocenters. The Labute approximate surface area is 281 Å². The van der Waals surface area contributed by atoms with E-state index in [1.807, 2.05) is 66.7 Å². The van der Waals surface area contributed by atoms with Crippen LogP contribution in [0, 0.1) is 0 Å². The van der Waals surface area contributed by atoms with E-state index < -0.39 is 31.8 Å². The number of fused-ring (bicyclic) bond motifs is 1. The smallest absolute Gasteiger partial charge is 0.295 e. The zero-order valence-corrected chi connectivity index (χ0v) is 29.5. The van der Waals surface area contributed by atoms with Crippen LogP contribution in [-0.4, -0.2) is 66.3 Å². The molecule has 3 aromatic carbocycles. The molecule has 12 heteroatoms. The molecule has 0 spiro atoms. The highest BCUT2D eigenvalue weighted by molar-refractivity contribution is 6.74. The van der Waals surface area contributed by atoms with Gasteiger partial charge in [-0.05, 0) is 59.1 Å². The number of H-pyrrole nitrogens is 1. The summed E-state index contributed by atoms with van der Waals surface area (Å²) in [5.74, 6) is 1.49. The Hall–Kier alpha value is -4.36. The van der Waals surface area contributed by atoms with Gasteiger partial charge in [0.2, 0.25) is 0 Å². The van der Waals surface area contributed by atoms with Gasteiger partial charge >= 0.3 is 0 Å². The SMILES string of the molecule is COc1ccc(C(OC[C@H]2O[C@@H](n3cnc4c(=O)[nH]nnc43)C[C@@H]2O[Si](C)(C)C(C)(C)C)(c2ccccc2)c2ccc(OC)cc2)cc1. The standard InChI is InChI=1S/C36H43N5O6Si/c1-35(2,3)48(6,7)47-29-21-31(41-23-37-32-33(41)38-40-39-34(32)42)46-30(29)22-45-36(24-11-9-8-10-12-24,25-13-17-27(43-4)18-14-25)26-15-19-28(44-5)20-16-26/h8-20,23,29-31H,21-22H2,1-7H3,(H,38,39,42)/t29-,30+,31+/m0/s1. The monoisotopic (exact) mass is 669 g/mol. The second-order valence-corrected chi connectivity index (χ2v) is 18.3. The molecule has 1 aliphatic heterocycles. The van der Waals surface area contributed by atoms with Crippen LogP contribution in [0.5, 0.6) is 11.5 Å². The highest BCUT2D eigenvalue weighted by Crippen LogP contribution is 2.45. The van der Waals surface area contributed by atoms with Crippen LogP contribution in [0.15, 0.2) is 90.0 Å². The molecular weight excluding hydrogens is 627 g/mol. The Morgan fingerprint density at radius 1 is 0.896 bits per heavy atom. The van der Waals surface area contributed by atoms with Gasteiger partial charge in [-0.1, -0.05) is 80.6 Å². The Morgan fingerprint density at radius 3 is 2.04 bits per heavy atom. The summed E-state index contributed by atoms with van der Waals surface area (Å²) in [4.78, 5) is 16.7. The van der Waals surface area contributed by atoms with Crippen molar-refractivity contribution in [2.75, 3.05) is 20.8 Å². The van der Waals surface area contributed by atoms with Gasteiger partial charge in [-0.3, -0.25) is 9.36 Å². The summed E-state index contributed by atoms with van der Waals surface area (Å²) in [6, 6.07) is 26.1. The third kappa shape index (κ3) is 6.28. The van der Waals surface area contributed by atoms with Crippen molar-refractivity contribution in [2.45, 2.75) is 69.4 Å². The maximum absolute atomic E-state index is 12.4. The first-order valence-electron chi connectivity index (χ1n) is 16.1. The van der Waals surface area contributed by atoms with E-state index in [-0.39, 0.29) is 23.3 Å². The summed E-state index contributed by atoms with van der Waals surface area (Å²) < 4.78 is 33.8. The lowest BCUT2D eigenvalue weighted by Crippen LogP contribution is -2.47. The van der Waals surface area contributed by atoms with E-state index in [4.69, 9.17) is 23.4 Å². The van der Waals surface area contributed by atoms with E-state index in [1.54, 1.807) is 25.1 Å². The molecule has 1 N–H and O–H groups in total. The highest BCUT2D eigenvalue weighted by Gasteiger charge is 2.47. The summed E-state index contributed by atoms with van der Waals surface area (Å²) in [6.07, 6.45) is 0.834. The predicted octanol–water partition coefficient (Wildman–Crippen LogP) is 6.22. The number of ether oxygens (including phenoxy) is 4. The second-order valence-electron chi connectivity index (χ2n) is 13.6. The molecule has 2 aromatic heterocycles. The molecule has 48 heavy (non-hydrogen) atoms. The number of nitrogens with one attached hydrogen (secondary N) is 1. The van der Waals surface area contributed by atoms with Crippen LogP contribution >= 0.6 is 0 Å². The second kappa shape index (κ2) is 13.3. The molecule has 252 valence electrons. The number of hydrogen-bond acceptors (Lipinski definition) is 9. The fraction of sp³-hybridized carbons (Fsp3) is 0.389. The van der Waals surface area contributed by atoms with Gasteiger partial charge in [0, 0.05) is 6.42 Å². The molecule has 0 unspecified atom stereocenters. The first kappa shape index (κ1) is 33.5. The van der Waals surface area contributed by atoms with Crippen LogP contribution in [0.4, 0.5) is 0 Å². The Morgan fingerprint density at radius 2 is 1.48 bits per heavy atom. The molecule has 0 bridgehead atoms. The van der Waals surface area contributed by atoms with Gasteiger partial charge in [0.1, 0.15) is 29.4 Å². The lowest BCUT2D eigenvalue weighted by molar-refractivity contribution is -0.0914. The minimum Gasteiger partial charge on any atom is -0.497 e. The molecule has 3 heterocycles. The molecule has 1 saturated heterocycles. The normalized spacial score (nSPS) is 18.7. The van der Waals surface area contributed by atoms with Crippen molar-refractivity contribution >= 4 is 19.5 Å². The van der Waals surface area contributed by atoms with E-state index in [0.29, 0.717) is 12.1 Å². The molecule has 11 nitrogen and oxygen atoms in total. The number of benzene rings is 3. The number of methoxy groups -OCH3 is 2. The molecular formula is C36H43N5O6Si. The van der Waals surface area contributed by atoms with Crippen LogP contribution in [0.1, 0.15) is 50.1 Å². The Bertz CT molecular complexity index is 1840. The average molecular weight is 670 g/mol. The summed E-state index contributed by atoms with van der Waals surface area (Å²) in [6.45, 7) is 11.3. The highest BCUT2D eigenvalue weighted by atomic mass is 28.4. The van der Waals surface area contributed by atoms with Crippen molar-refractivity contribution in [3.8, 4) is 11.5 Å². The van der Waals surface area contributed by atoms with Gasteiger partial charge in [-0.25, -0.2) is 10.1 Å². The van der Waals surface area contributed by atoms with E-state index in [9.17, 15) is 4.79 Å². The molecule has 1 fully saturated rings. The molecule has 6 rings (SSSR count). The topological polar surface area (TPSA) is 123 Å². The summed E-state index contributed by atoms with van der Waals surface area (Å²) in [5.41, 5.74) is 1.92. The fourth-order valence-corrected chi connectivity index (χ4v) is 7.34. The first-order valence-corrected chi connectivity index (χ1v) is 19.0.